The van der Waals surface area contributed by atoms with Gasteiger partial charge in [0, 0.05) is 6.42 Å². The number of nitrogens with one attached hydrogen (secondary N) is 1. The Bertz CT molecular complexity index is 418. The van der Waals surface area contributed by atoms with E-state index >= 15 is 0 Å². The van der Waals surface area contributed by atoms with Crippen LogP contribution in [0.5, 0.6) is 5.75 Å². The minimum atomic E-state index is 0.258. The van der Waals surface area contributed by atoms with Gasteiger partial charge < -0.3 is 9.47 Å². The Balaban J connectivity index is 2.25. The summed E-state index contributed by atoms with van der Waals surface area (Å²) < 4.78 is 10.7. The Hall–Kier alpha value is -1.48. The zero-order valence-corrected chi connectivity index (χ0v) is 11.3. The monoisotopic (exact) mass is 267 g/mol. The van der Waals surface area contributed by atoms with E-state index in [0.29, 0.717) is 30.4 Å². The summed E-state index contributed by atoms with van der Waals surface area (Å²) in [4.78, 5) is 0. The molecule has 4 heteroatoms. The molecule has 0 radical (unpaired) electrons. The number of hydrogen-bond donors (Lipinski definition) is 1. The van der Waals surface area contributed by atoms with Crippen molar-refractivity contribution in [3.05, 3.63) is 41.4 Å². The van der Waals surface area contributed by atoms with E-state index in [1.807, 2.05) is 25.1 Å². The Morgan fingerprint density at radius 2 is 2.22 bits per heavy atom. The maximum Gasteiger partial charge on any atom is 0.180 e. The first-order valence-electron chi connectivity index (χ1n) is 5.83. The van der Waals surface area contributed by atoms with Crippen LogP contribution in [0.3, 0.4) is 0 Å². The Morgan fingerprint density at radius 3 is 2.89 bits per heavy atom. The Kier molecular flexibility index (Phi) is 6.29. The number of rotatable bonds is 7. The predicted molar refractivity (Wildman–Crippen MR) is 74.8 cm³/mol. The van der Waals surface area contributed by atoms with E-state index in [1.165, 1.54) is 0 Å². The lowest BCUT2D eigenvalue weighted by Gasteiger charge is -2.10. The number of allylic oxidation sites excluding steroid dienone is 1. The van der Waals surface area contributed by atoms with E-state index in [1.54, 1.807) is 6.08 Å². The summed E-state index contributed by atoms with van der Waals surface area (Å²) in [6.07, 6.45) is 3.10. The summed E-state index contributed by atoms with van der Waals surface area (Å²) in [7, 11) is 0. The molecule has 1 rings (SSSR count). The highest BCUT2D eigenvalue weighted by Gasteiger charge is 2.02. The maximum atomic E-state index is 7.49. The van der Waals surface area contributed by atoms with Gasteiger partial charge in [-0.25, -0.2) is 0 Å². The summed E-state index contributed by atoms with van der Waals surface area (Å²) in [5, 5.41) is 8.09. The number of halogens is 1. The van der Waals surface area contributed by atoms with Crippen LogP contribution in [0.1, 0.15) is 18.4 Å². The SMILES string of the molecule is C=CCCC(=N)OCCOc1ccc(C)cc1Cl. The van der Waals surface area contributed by atoms with Crippen molar-refractivity contribution in [3.8, 4) is 5.75 Å². The summed E-state index contributed by atoms with van der Waals surface area (Å²) in [6, 6.07) is 5.62. The molecule has 1 N–H and O–H groups in total. The highest BCUT2D eigenvalue weighted by atomic mass is 35.5. The molecule has 0 atom stereocenters. The highest BCUT2D eigenvalue weighted by molar-refractivity contribution is 6.32. The second kappa shape index (κ2) is 7.77. The molecule has 0 saturated heterocycles. The van der Waals surface area contributed by atoms with Crippen molar-refractivity contribution in [2.24, 2.45) is 0 Å². The molecule has 0 saturated carbocycles. The van der Waals surface area contributed by atoms with E-state index in [-0.39, 0.29) is 5.90 Å². The second-order valence-electron chi connectivity index (χ2n) is 3.88. The first-order valence-corrected chi connectivity index (χ1v) is 6.21. The molecular weight excluding hydrogens is 250 g/mol. The summed E-state index contributed by atoms with van der Waals surface area (Å²) in [5.74, 6) is 0.900. The van der Waals surface area contributed by atoms with Gasteiger partial charge in [0.25, 0.3) is 0 Å². The number of aryl methyl sites for hydroxylation is 1. The quantitative estimate of drug-likeness (QED) is 0.351. The Labute approximate surface area is 113 Å². The van der Waals surface area contributed by atoms with Crippen molar-refractivity contribution in [3.63, 3.8) is 0 Å². The summed E-state index contributed by atoms with van der Waals surface area (Å²) >= 11 is 6.02. The van der Waals surface area contributed by atoms with E-state index in [0.717, 1.165) is 12.0 Å². The summed E-state index contributed by atoms with van der Waals surface area (Å²) in [5.41, 5.74) is 1.09. The number of ether oxygens (including phenoxy) is 2. The standard InChI is InChI=1S/C14H18ClNO2/c1-3-4-5-14(16)18-9-8-17-13-7-6-11(2)10-12(13)15/h3,6-7,10,16H,1,4-5,8-9H2,2H3. The average Bonchev–Trinajstić information content (AvgIpc) is 2.34. The second-order valence-corrected chi connectivity index (χ2v) is 4.29. The fraction of sp³-hybridized carbons (Fsp3) is 0.357. The van der Waals surface area contributed by atoms with E-state index in [9.17, 15) is 0 Å². The molecule has 0 aliphatic heterocycles. The van der Waals surface area contributed by atoms with Crippen molar-refractivity contribution in [2.75, 3.05) is 13.2 Å². The lowest BCUT2D eigenvalue weighted by atomic mass is 10.2. The Morgan fingerprint density at radius 1 is 1.44 bits per heavy atom. The zero-order chi connectivity index (χ0) is 13.4. The maximum absolute atomic E-state index is 7.49. The van der Waals surface area contributed by atoms with Gasteiger partial charge in [-0.1, -0.05) is 23.7 Å². The van der Waals surface area contributed by atoms with Crippen molar-refractivity contribution < 1.29 is 9.47 Å². The zero-order valence-electron chi connectivity index (χ0n) is 10.5. The molecule has 18 heavy (non-hydrogen) atoms. The van der Waals surface area contributed by atoms with Gasteiger partial charge in [-0.15, -0.1) is 6.58 Å². The number of hydrogen-bond acceptors (Lipinski definition) is 3. The molecule has 0 aliphatic rings. The predicted octanol–water partition coefficient (Wildman–Crippen LogP) is 3.99. The molecule has 3 nitrogen and oxygen atoms in total. The molecule has 0 heterocycles. The average molecular weight is 268 g/mol. The van der Waals surface area contributed by atoms with Gasteiger partial charge >= 0.3 is 0 Å². The molecule has 98 valence electrons. The molecule has 0 fully saturated rings. The third-order valence-corrected chi connectivity index (χ3v) is 2.58. The molecule has 1 aromatic rings. The number of benzene rings is 1. The van der Waals surface area contributed by atoms with Gasteiger partial charge in [-0.3, -0.25) is 5.41 Å². The van der Waals surface area contributed by atoms with Gasteiger partial charge in [-0.2, -0.15) is 0 Å². The minimum absolute atomic E-state index is 0.258. The van der Waals surface area contributed by atoms with Crippen LogP contribution in [0, 0.1) is 12.3 Å². The molecule has 0 bridgehead atoms. The van der Waals surface area contributed by atoms with Crippen molar-refractivity contribution in [1.29, 1.82) is 5.41 Å². The molecule has 0 spiro atoms. The van der Waals surface area contributed by atoms with E-state index < -0.39 is 0 Å². The summed E-state index contributed by atoms with van der Waals surface area (Å²) in [6.45, 7) is 6.29. The van der Waals surface area contributed by atoms with Gasteiger partial charge in [0.05, 0.1) is 5.02 Å². The van der Waals surface area contributed by atoms with E-state index in [2.05, 4.69) is 6.58 Å². The highest BCUT2D eigenvalue weighted by Crippen LogP contribution is 2.24. The third kappa shape index (κ3) is 5.23. The van der Waals surface area contributed by atoms with Gasteiger partial charge in [-0.05, 0) is 31.0 Å². The lowest BCUT2D eigenvalue weighted by molar-refractivity contribution is 0.204. The lowest BCUT2D eigenvalue weighted by Crippen LogP contribution is -2.11. The first kappa shape index (κ1) is 14.6. The third-order valence-electron chi connectivity index (χ3n) is 2.28. The van der Waals surface area contributed by atoms with Gasteiger partial charge in [0.2, 0.25) is 0 Å². The normalized spacial score (nSPS) is 9.89. The van der Waals surface area contributed by atoms with Crippen LogP contribution in [-0.4, -0.2) is 19.1 Å². The van der Waals surface area contributed by atoms with E-state index in [4.69, 9.17) is 26.5 Å². The van der Waals surface area contributed by atoms with Crippen LogP contribution in [-0.2, 0) is 4.74 Å². The van der Waals surface area contributed by atoms with Crippen LogP contribution in [0.25, 0.3) is 0 Å². The molecule has 0 aromatic heterocycles. The molecule has 0 aliphatic carbocycles. The van der Waals surface area contributed by atoms with Crippen LogP contribution in [0.2, 0.25) is 5.02 Å². The molecular formula is C14H18ClNO2. The van der Waals surface area contributed by atoms with Crippen molar-refractivity contribution >= 4 is 17.5 Å². The molecule has 0 amide bonds. The van der Waals surface area contributed by atoms with Crippen LogP contribution in [0.15, 0.2) is 30.9 Å². The smallest absolute Gasteiger partial charge is 0.180 e. The van der Waals surface area contributed by atoms with Crippen LogP contribution in [0.4, 0.5) is 0 Å². The van der Waals surface area contributed by atoms with Crippen molar-refractivity contribution in [1.82, 2.24) is 0 Å². The largest absolute Gasteiger partial charge is 0.488 e. The van der Waals surface area contributed by atoms with Gasteiger partial charge in [0.1, 0.15) is 19.0 Å². The molecule has 1 aromatic carbocycles. The fourth-order valence-electron chi connectivity index (χ4n) is 1.34. The molecule has 0 unspecified atom stereocenters. The topological polar surface area (TPSA) is 42.3 Å². The van der Waals surface area contributed by atoms with Crippen LogP contribution < -0.4 is 4.74 Å². The fourth-order valence-corrected chi connectivity index (χ4v) is 1.63. The van der Waals surface area contributed by atoms with Crippen LogP contribution >= 0.6 is 11.6 Å². The van der Waals surface area contributed by atoms with Crippen molar-refractivity contribution in [2.45, 2.75) is 19.8 Å². The first-order chi connectivity index (χ1) is 8.63. The van der Waals surface area contributed by atoms with Gasteiger partial charge in [0.15, 0.2) is 5.90 Å². The minimum Gasteiger partial charge on any atom is -0.488 e.